The predicted molar refractivity (Wildman–Crippen MR) is 60.4 cm³/mol. The largest absolute Gasteiger partial charge is 0.503 e. The molecule has 0 aliphatic carbocycles. The monoisotopic (exact) mass is 216 g/mol. The van der Waals surface area contributed by atoms with Crippen LogP contribution in [0.5, 0.6) is 11.5 Å². The molecule has 0 aliphatic rings. The van der Waals surface area contributed by atoms with Crippen LogP contribution in [0.25, 0.3) is 0 Å². The first-order valence-electron chi connectivity index (χ1n) is 5.09. The third-order valence-electron chi connectivity index (χ3n) is 2.37. The molecule has 0 aliphatic heterocycles. The van der Waals surface area contributed by atoms with Gasteiger partial charge in [0.1, 0.15) is 5.75 Å². The highest BCUT2D eigenvalue weighted by atomic mass is 16.5. The summed E-state index contributed by atoms with van der Waals surface area (Å²) in [7, 11) is 1.65. The molecule has 0 saturated carbocycles. The lowest BCUT2D eigenvalue weighted by Gasteiger charge is -2.01. The number of aromatic hydroxyl groups is 1. The van der Waals surface area contributed by atoms with E-state index in [1.165, 1.54) is 0 Å². The van der Waals surface area contributed by atoms with Crippen LogP contribution >= 0.6 is 0 Å². The minimum atomic E-state index is 0.274. The summed E-state index contributed by atoms with van der Waals surface area (Å²) < 4.78 is 7.02. The lowest BCUT2D eigenvalue weighted by atomic mass is 10.2. The maximum atomic E-state index is 9.33. The Morgan fingerprint density at radius 3 is 2.56 bits per heavy atom. The van der Waals surface area contributed by atoms with Gasteiger partial charge in [-0.05, 0) is 30.3 Å². The second-order valence-electron chi connectivity index (χ2n) is 3.58. The topological polar surface area (TPSA) is 33.3 Å². The molecule has 1 aromatic heterocycles. The van der Waals surface area contributed by atoms with Gasteiger partial charge in [-0.15, -0.1) is 0 Å². The van der Waals surface area contributed by atoms with Crippen LogP contribution in [0.15, 0.2) is 48.8 Å². The van der Waals surface area contributed by atoms with E-state index in [0.29, 0.717) is 0 Å². The van der Waals surface area contributed by atoms with Crippen LogP contribution in [0.2, 0.25) is 0 Å². The first-order chi connectivity index (χ1) is 7.78. The van der Waals surface area contributed by atoms with Gasteiger partial charge in [0.15, 0.2) is 18.5 Å². The number of ether oxygens (including phenoxy) is 1. The SMILES string of the molecule is COc1ccc(C[n+]2cccc(O)c2)cc1. The Labute approximate surface area is 94.6 Å². The number of pyridine rings is 1. The summed E-state index contributed by atoms with van der Waals surface area (Å²) >= 11 is 0. The van der Waals surface area contributed by atoms with Crippen LogP contribution in [0.4, 0.5) is 0 Å². The Bertz CT molecular complexity index is 466. The Hall–Kier alpha value is -2.03. The number of hydrogen-bond acceptors (Lipinski definition) is 2. The lowest BCUT2D eigenvalue weighted by Crippen LogP contribution is -2.32. The molecule has 82 valence electrons. The summed E-state index contributed by atoms with van der Waals surface area (Å²) in [6.07, 6.45) is 3.62. The first kappa shape index (κ1) is 10.5. The summed E-state index contributed by atoms with van der Waals surface area (Å²) in [5.41, 5.74) is 1.16. The zero-order chi connectivity index (χ0) is 11.4. The molecule has 1 heterocycles. The zero-order valence-corrected chi connectivity index (χ0v) is 9.13. The van der Waals surface area contributed by atoms with Gasteiger partial charge in [-0.25, -0.2) is 0 Å². The molecule has 0 radical (unpaired) electrons. The molecule has 0 bridgehead atoms. The van der Waals surface area contributed by atoms with Gasteiger partial charge in [0, 0.05) is 11.6 Å². The van der Waals surface area contributed by atoms with Crippen molar-refractivity contribution in [3.8, 4) is 11.5 Å². The summed E-state index contributed by atoms with van der Waals surface area (Å²) in [5, 5.41) is 9.33. The van der Waals surface area contributed by atoms with Gasteiger partial charge in [-0.3, -0.25) is 0 Å². The van der Waals surface area contributed by atoms with Gasteiger partial charge >= 0.3 is 0 Å². The number of benzene rings is 1. The van der Waals surface area contributed by atoms with Crippen LogP contribution in [0, 0.1) is 0 Å². The molecule has 3 nitrogen and oxygen atoms in total. The van der Waals surface area contributed by atoms with Crippen molar-refractivity contribution in [3.05, 3.63) is 54.4 Å². The van der Waals surface area contributed by atoms with Gasteiger partial charge < -0.3 is 9.84 Å². The van der Waals surface area contributed by atoms with Crippen molar-refractivity contribution in [1.29, 1.82) is 0 Å². The van der Waals surface area contributed by atoms with Crippen molar-refractivity contribution in [3.63, 3.8) is 0 Å². The van der Waals surface area contributed by atoms with Crippen molar-refractivity contribution in [2.75, 3.05) is 7.11 Å². The molecule has 16 heavy (non-hydrogen) atoms. The van der Waals surface area contributed by atoms with Gasteiger partial charge in [-0.2, -0.15) is 4.57 Å². The van der Waals surface area contributed by atoms with Crippen molar-refractivity contribution < 1.29 is 14.4 Å². The van der Waals surface area contributed by atoms with Gasteiger partial charge in [0.2, 0.25) is 6.20 Å². The number of rotatable bonds is 3. The Balaban J connectivity index is 2.14. The van der Waals surface area contributed by atoms with E-state index in [-0.39, 0.29) is 5.75 Å². The lowest BCUT2D eigenvalue weighted by molar-refractivity contribution is -0.688. The third kappa shape index (κ3) is 2.51. The van der Waals surface area contributed by atoms with Gasteiger partial charge in [0.25, 0.3) is 0 Å². The second kappa shape index (κ2) is 4.66. The zero-order valence-electron chi connectivity index (χ0n) is 9.13. The fourth-order valence-corrected chi connectivity index (χ4v) is 1.55. The number of methoxy groups -OCH3 is 1. The molecule has 1 N–H and O–H groups in total. The maximum absolute atomic E-state index is 9.33. The van der Waals surface area contributed by atoms with Crippen LogP contribution in [0.3, 0.4) is 0 Å². The van der Waals surface area contributed by atoms with Gasteiger partial charge in [-0.1, -0.05) is 0 Å². The standard InChI is InChI=1S/C13H13NO2/c1-16-13-6-4-11(5-7-13)9-14-8-2-3-12(15)10-14/h2-8,10H,9H2,1H3/p+1. The molecule has 0 unspecified atom stereocenters. The third-order valence-corrected chi connectivity index (χ3v) is 2.37. The fraction of sp³-hybridized carbons (Fsp3) is 0.154. The number of nitrogens with zero attached hydrogens (tertiary/aromatic N) is 1. The van der Waals surface area contributed by atoms with Gasteiger partial charge in [0.05, 0.1) is 7.11 Å². The molecule has 1 aromatic carbocycles. The summed E-state index contributed by atoms with van der Waals surface area (Å²) in [6.45, 7) is 0.735. The molecule has 3 heteroatoms. The van der Waals surface area contributed by atoms with Crippen molar-refractivity contribution in [2.45, 2.75) is 6.54 Å². The molecule has 2 rings (SSSR count). The molecular formula is C13H14NO2+. The molecule has 0 spiro atoms. The van der Waals surface area contributed by atoms with E-state index in [2.05, 4.69) is 0 Å². The normalized spacial score (nSPS) is 10.1. The average Bonchev–Trinajstić information content (AvgIpc) is 2.30. The average molecular weight is 216 g/mol. The number of aromatic nitrogens is 1. The second-order valence-corrected chi connectivity index (χ2v) is 3.58. The predicted octanol–water partition coefficient (Wildman–Crippen LogP) is 1.74. The van der Waals surface area contributed by atoms with E-state index in [4.69, 9.17) is 4.74 Å². The number of hydrogen-bond donors (Lipinski definition) is 1. The summed E-state index contributed by atoms with van der Waals surface area (Å²) in [5.74, 6) is 1.13. The van der Waals surface area contributed by atoms with E-state index in [1.807, 2.05) is 41.1 Å². The molecule has 2 aromatic rings. The summed E-state index contributed by atoms with van der Waals surface area (Å²) in [4.78, 5) is 0. The maximum Gasteiger partial charge on any atom is 0.211 e. The first-order valence-corrected chi connectivity index (χ1v) is 5.09. The highest BCUT2D eigenvalue weighted by Gasteiger charge is 2.03. The highest BCUT2D eigenvalue weighted by molar-refractivity contribution is 5.26. The van der Waals surface area contributed by atoms with E-state index < -0.39 is 0 Å². The Morgan fingerprint density at radius 1 is 1.19 bits per heavy atom. The molecular weight excluding hydrogens is 202 g/mol. The quantitative estimate of drug-likeness (QED) is 0.793. The van der Waals surface area contributed by atoms with E-state index in [9.17, 15) is 5.11 Å². The van der Waals surface area contributed by atoms with Crippen LogP contribution in [-0.2, 0) is 6.54 Å². The van der Waals surface area contributed by atoms with Crippen LogP contribution in [-0.4, -0.2) is 12.2 Å². The van der Waals surface area contributed by atoms with E-state index in [0.717, 1.165) is 17.9 Å². The molecule has 0 fully saturated rings. The molecule has 0 saturated heterocycles. The summed E-state index contributed by atoms with van der Waals surface area (Å²) in [6, 6.07) is 11.4. The van der Waals surface area contributed by atoms with E-state index in [1.54, 1.807) is 19.4 Å². The molecule has 0 amide bonds. The smallest absolute Gasteiger partial charge is 0.211 e. The minimum absolute atomic E-state index is 0.274. The molecule has 0 atom stereocenters. The minimum Gasteiger partial charge on any atom is -0.503 e. The van der Waals surface area contributed by atoms with Crippen molar-refractivity contribution >= 4 is 0 Å². The Kier molecular flexibility index (Phi) is 3.05. The van der Waals surface area contributed by atoms with Crippen molar-refractivity contribution in [1.82, 2.24) is 0 Å². The van der Waals surface area contributed by atoms with Crippen molar-refractivity contribution in [2.24, 2.45) is 0 Å². The van der Waals surface area contributed by atoms with Crippen LogP contribution < -0.4 is 9.30 Å². The Morgan fingerprint density at radius 2 is 1.94 bits per heavy atom. The fourth-order valence-electron chi connectivity index (χ4n) is 1.55. The van der Waals surface area contributed by atoms with Crippen LogP contribution in [0.1, 0.15) is 5.56 Å². The van der Waals surface area contributed by atoms with E-state index >= 15 is 0 Å². The highest BCUT2D eigenvalue weighted by Crippen LogP contribution is 2.11.